The quantitative estimate of drug-likeness (QED) is 0.366. The van der Waals surface area contributed by atoms with E-state index in [9.17, 15) is 31.1 Å². The molecule has 2 N–H and O–H groups in total. The zero-order valence-electron chi connectivity index (χ0n) is 19.0. The molecule has 3 saturated carbocycles. The minimum atomic E-state index is -4.57. The minimum absolute atomic E-state index is 0.0249. The van der Waals surface area contributed by atoms with Gasteiger partial charge in [0.1, 0.15) is 0 Å². The van der Waals surface area contributed by atoms with Crippen LogP contribution in [0.15, 0.2) is 23.0 Å². The SMILES string of the molecule is O=C(NCC12CCC(c3nc(-c4ncc(C(F)(F)F)cn4)no3)(CC1)CC2)c1cc(F)c(O)c(F)c1F. The highest BCUT2D eigenvalue weighted by atomic mass is 19.4. The van der Waals surface area contributed by atoms with E-state index in [4.69, 9.17) is 9.63 Å². The first-order valence-corrected chi connectivity index (χ1v) is 11.3. The zero-order chi connectivity index (χ0) is 26.6. The van der Waals surface area contributed by atoms with Crippen molar-refractivity contribution in [1.29, 1.82) is 0 Å². The first-order chi connectivity index (χ1) is 17.4. The van der Waals surface area contributed by atoms with E-state index in [0.717, 1.165) is 0 Å². The van der Waals surface area contributed by atoms with Gasteiger partial charge in [-0.05, 0) is 50.0 Å². The van der Waals surface area contributed by atoms with Crippen molar-refractivity contribution in [3.8, 4) is 17.4 Å². The standard InChI is InChI=1S/C23H19F6N5O3/c24-13-7-12(14(25)15(26)16(13)35)19(36)32-10-21-1-4-22(5-2-21,6-3-21)20-33-18(34-37-20)17-30-8-11(9-31-17)23(27,28)29/h7-9,35H,1-6,10H2,(H,32,36). The monoisotopic (exact) mass is 527 g/mol. The number of halogens is 6. The number of benzene rings is 1. The Morgan fingerprint density at radius 3 is 2.22 bits per heavy atom. The molecule has 0 radical (unpaired) electrons. The van der Waals surface area contributed by atoms with Crippen LogP contribution in [0.4, 0.5) is 26.3 Å². The smallest absolute Gasteiger partial charge is 0.419 e. The Labute approximate surface area is 205 Å². The van der Waals surface area contributed by atoms with Gasteiger partial charge in [0.15, 0.2) is 17.4 Å². The molecule has 0 atom stereocenters. The second kappa shape index (κ2) is 8.70. The molecule has 0 unspecified atom stereocenters. The lowest BCUT2D eigenvalue weighted by atomic mass is 9.53. The van der Waals surface area contributed by atoms with Gasteiger partial charge in [-0.1, -0.05) is 5.16 Å². The molecule has 2 heterocycles. The molecule has 0 spiro atoms. The molecule has 6 rings (SSSR count). The number of hydrogen-bond acceptors (Lipinski definition) is 7. The lowest BCUT2D eigenvalue weighted by molar-refractivity contribution is -0.138. The van der Waals surface area contributed by atoms with Gasteiger partial charge in [-0.15, -0.1) is 0 Å². The Morgan fingerprint density at radius 1 is 1.00 bits per heavy atom. The average molecular weight is 527 g/mol. The Kier molecular flexibility index (Phi) is 5.87. The number of phenols is 1. The van der Waals surface area contributed by atoms with Crippen LogP contribution in [-0.2, 0) is 11.6 Å². The van der Waals surface area contributed by atoms with E-state index >= 15 is 0 Å². The highest BCUT2D eigenvalue weighted by molar-refractivity contribution is 5.94. The summed E-state index contributed by atoms with van der Waals surface area (Å²) in [6, 6.07) is 0.445. The third-order valence-electron chi connectivity index (χ3n) is 7.46. The maximum absolute atomic E-state index is 14.0. The highest BCUT2D eigenvalue weighted by Gasteiger charge is 2.52. The zero-order valence-corrected chi connectivity index (χ0v) is 19.0. The summed E-state index contributed by atoms with van der Waals surface area (Å²) < 4.78 is 84.9. The van der Waals surface area contributed by atoms with Crippen molar-refractivity contribution < 1.29 is 40.8 Å². The van der Waals surface area contributed by atoms with Crippen LogP contribution in [-0.4, -0.2) is 37.7 Å². The van der Waals surface area contributed by atoms with Crippen LogP contribution in [0, 0.1) is 22.9 Å². The minimum Gasteiger partial charge on any atom is -0.503 e. The van der Waals surface area contributed by atoms with Gasteiger partial charge in [-0.3, -0.25) is 4.79 Å². The summed E-state index contributed by atoms with van der Waals surface area (Å²) in [4.78, 5) is 24.1. The van der Waals surface area contributed by atoms with Crippen molar-refractivity contribution in [1.82, 2.24) is 25.4 Å². The molecule has 2 aromatic heterocycles. The van der Waals surface area contributed by atoms with E-state index in [1.165, 1.54) is 0 Å². The summed E-state index contributed by atoms with van der Waals surface area (Å²) in [5, 5.41) is 15.5. The number of carbonyl (C=O) groups is 1. The number of amides is 1. The van der Waals surface area contributed by atoms with Gasteiger partial charge in [0.2, 0.25) is 23.4 Å². The van der Waals surface area contributed by atoms with Crippen LogP contribution in [0.1, 0.15) is 60.3 Å². The first-order valence-electron chi connectivity index (χ1n) is 11.3. The number of hydrogen-bond donors (Lipinski definition) is 2. The Hall–Kier alpha value is -3.71. The maximum atomic E-state index is 14.0. The third-order valence-corrected chi connectivity index (χ3v) is 7.46. The molecule has 3 aliphatic carbocycles. The van der Waals surface area contributed by atoms with Crippen molar-refractivity contribution in [3.05, 3.63) is 52.9 Å². The van der Waals surface area contributed by atoms with Crippen molar-refractivity contribution in [2.24, 2.45) is 5.41 Å². The summed E-state index contributed by atoms with van der Waals surface area (Å²) in [6.07, 6.45) is 0.508. The Morgan fingerprint density at radius 2 is 1.62 bits per heavy atom. The second-order valence-electron chi connectivity index (χ2n) is 9.56. The van der Waals surface area contributed by atoms with E-state index in [2.05, 4.69) is 25.4 Å². The molecule has 8 nitrogen and oxygen atoms in total. The van der Waals surface area contributed by atoms with Gasteiger partial charge in [0.25, 0.3) is 5.91 Å². The van der Waals surface area contributed by atoms with Gasteiger partial charge in [0.05, 0.1) is 11.1 Å². The molecule has 14 heteroatoms. The van der Waals surface area contributed by atoms with Crippen LogP contribution in [0.3, 0.4) is 0 Å². The van der Waals surface area contributed by atoms with Gasteiger partial charge >= 0.3 is 6.18 Å². The summed E-state index contributed by atoms with van der Waals surface area (Å²) in [6.45, 7) is 0.153. The number of fused-ring (bicyclic) bond motifs is 3. The van der Waals surface area contributed by atoms with E-state index in [1.807, 2.05) is 0 Å². The molecule has 3 fully saturated rings. The third kappa shape index (κ3) is 4.37. The summed E-state index contributed by atoms with van der Waals surface area (Å²) in [5.41, 5.74) is -2.60. The molecule has 0 saturated heterocycles. The summed E-state index contributed by atoms with van der Waals surface area (Å²) in [7, 11) is 0. The van der Waals surface area contributed by atoms with Gasteiger partial charge in [0, 0.05) is 24.4 Å². The number of nitrogens with zero attached hydrogens (tertiary/aromatic N) is 4. The Bertz CT molecular complexity index is 1330. The number of carbonyl (C=O) groups excluding carboxylic acids is 1. The van der Waals surface area contributed by atoms with Gasteiger partial charge in [-0.2, -0.15) is 22.5 Å². The number of phenolic OH excluding ortho intramolecular Hbond substituents is 1. The number of aromatic nitrogens is 4. The van der Waals surface area contributed by atoms with E-state index in [1.54, 1.807) is 0 Å². The largest absolute Gasteiger partial charge is 0.503 e. The van der Waals surface area contributed by atoms with E-state index in [-0.39, 0.29) is 23.6 Å². The van der Waals surface area contributed by atoms with Crippen LogP contribution in [0.5, 0.6) is 5.75 Å². The number of aromatic hydroxyl groups is 1. The second-order valence-corrected chi connectivity index (χ2v) is 9.56. The molecule has 196 valence electrons. The van der Waals surface area contributed by atoms with Crippen molar-refractivity contribution in [3.63, 3.8) is 0 Å². The predicted molar refractivity (Wildman–Crippen MR) is 112 cm³/mol. The average Bonchev–Trinajstić information content (AvgIpc) is 3.40. The van der Waals surface area contributed by atoms with E-state index in [0.29, 0.717) is 62.9 Å². The number of rotatable bonds is 5. The Balaban J connectivity index is 1.24. The molecule has 1 aromatic carbocycles. The predicted octanol–water partition coefficient (Wildman–Crippen LogP) is 4.69. The normalized spacial score (nSPS) is 23.3. The lowest BCUT2D eigenvalue weighted by Gasteiger charge is -2.51. The molecular formula is C23H19F6N5O3. The van der Waals surface area contributed by atoms with E-state index < -0.39 is 51.8 Å². The molecule has 3 aromatic rings. The van der Waals surface area contributed by atoms with Crippen molar-refractivity contribution in [2.75, 3.05) is 6.54 Å². The summed E-state index contributed by atoms with van der Waals surface area (Å²) in [5.74, 6) is -7.18. The fraction of sp³-hybridized carbons (Fsp3) is 0.435. The van der Waals surface area contributed by atoms with Crippen molar-refractivity contribution >= 4 is 5.91 Å². The molecule has 1 amide bonds. The van der Waals surface area contributed by atoms with Crippen LogP contribution < -0.4 is 5.32 Å². The van der Waals surface area contributed by atoms with Crippen molar-refractivity contribution in [2.45, 2.75) is 50.1 Å². The topological polar surface area (TPSA) is 114 Å². The fourth-order valence-electron chi connectivity index (χ4n) is 5.08. The lowest BCUT2D eigenvalue weighted by Crippen LogP contribution is -2.49. The highest BCUT2D eigenvalue weighted by Crippen LogP contribution is 2.57. The van der Waals surface area contributed by atoms with Crippen LogP contribution in [0.2, 0.25) is 0 Å². The molecule has 0 aliphatic heterocycles. The van der Waals surface area contributed by atoms with Gasteiger partial charge < -0.3 is 14.9 Å². The first kappa shape index (κ1) is 25.0. The maximum Gasteiger partial charge on any atom is 0.419 e. The molecule has 2 bridgehead atoms. The number of nitrogens with one attached hydrogen (secondary N) is 1. The fourth-order valence-corrected chi connectivity index (χ4v) is 5.08. The molecule has 37 heavy (non-hydrogen) atoms. The van der Waals surface area contributed by atoms with Gasteiger partial charge in [-0.25, -0.2) is 18.7 Å². The number of alkyl halides is 3. The van der Waals surface area contributed by atoms with Crippen LogP contribution >= 0.6 is 0 Å². The van der Waals surface area contributed by atoms with Crippen LogP contribution in [0.25, 0.3) is 11.6 Å². The summed E-state index contributed by atoms with van der Waals surface area (Å²) >= 11 is 0. The molecular weight excluding hydrogens is 508 g/mol. The molecule has 3 aliphatic rings.